The molecule has 0 aliphatic carbocycles. The van der Waals surface area contributed by atoms with Gasteiger partial charge in [0.2, 0.25) is 0 Å². The van der Waals surface area contributed by atoms with Crippen molar-refractivity contribution in [2.24, 2.45) is 7.05 Å². The summed E-state index contributed by atoms with van der Waals surface area (Å²) in [6, 6.07) is 10.3. The van der Waals surface area contributed by atoms with Crippen LogP contribution in [0.15, 0.2) is 42.7 Å². The van der Waals surface area contributed by atoms with Crippen LogP contribution in [0.4, 0.5) is 4.79 Å². The molecule has 5 heterocycles. The van der Waals surface area contributed by atoms with Gasteiger partial charge in [-0.25, -0.2) is 9.78 Å². The molecule has 2 aliphatic rings. The highest BCUT2D eigenvalue weighted by atomic mass is 16.5. The molecule has 35 heavy (non-hydrogen) atoms. The van der Waals surface area contributed by atoms with E-state index in [2.05, 4.69) is 39.2 Å². The first-order chi connectivity index (χ1) is 17.1. The van der Waals surface area contributed by atoms with Crippen LogP contribution in [0.2, 0.25) is 0 Å². The highest BCUT2D eigenvalue weighted by Gasteiger charge is 2.31. The normalized spacial score (nSPS) is 16.5. The number of urea groups is 1. The number of nitrogens with zero attached hydrogens (tertiary/aromatic N) is 6. The van der Waals surface area contributed by atoms with E-state index in [9.17, 15) is 4.79 Å². The number of rotatable bonds is 3. The molecule has 0 atom stereocenters. The monoisotopic (exact) mass is 471 g/mol. The Balaban J connectivity index is 1.47. The lowest BCUT2D eigenvalue weighted by Crippen LogP contribution is -2.43. The predicted molar refractivity (Wildman–Crippen MR) is 133 cm³/mol. The van der Waals surface area contributed by atoms with E-state index in [-0.39, 0.29) is 6.03 Å². The van der Waals surface area contributed by atoms with Crippen molar-refractivity contribution in [3.05, 3.63) is 54.2 Å². The van der Waals surface area contributed by atoms with Gasteiger partial charge in [0.25, 0.3) is 0 Å². The molecular formula is C26H29N7O2. The molecule has 2 amide bonds. The first-order valence-electron chi connectivity index (χ1n) is 12.1. The molecule has 1 aromatic carbocycles. The number of nitrogens with one attached hydrogen (secondary N) is 1. The number of hydrogen-bond donors (Lipinski definition) is 1. The Labute approximate surface area is 203 Å². The van der Waals surface area contributed by atoms with Gasteiger partial charge in [0.15, 0.2) is 0 Å². The van der Waals surface area contributed by atoms with Crippen molar-refractivity contribution in [2.45, 2.75) is 31.8 Å². The molecule has 9 heteroatoms. The van der Waals surface area contributed by atoms with Crippen molar-refractivity contribution < 1.29 is 9.53 Å². The van der Waals surface area contributed by atoms with Crippen LogP contribution in [0.25, 0.3) is 33.4 Å². The van der Waals surface area contributed by atoms with Crippen LogP contribution in [-0.4, -0.2) is 62.1 Å². The first kappa shape index (κ1) is 21.8. The first-order valence-corrected chi connectivity index (χ1v) is 12.1. The average molecular weight is 472 g/mol. The number of amides is 2. The molecule has 0 unspecified atom stereocenters. The van der Waals surface area contributed by atoms with E-state index < -0.39 is 0 Å². The van der Waals surface area contributed by atoms with Gasteiger partial charge >= 0.3 is 6.03 Å². The van der Waals surface area contributed by atoms with E-state index in [1.165, 1.54) is 0 Å². The number of hydrogen-bond acceptors (Lipinski definition) is 5. The number of carbonyl (C=O) groups excluding carboxylic acids is 1. The molecule has 0 radical (unpaired) electrons. The predicted octanol–water partition coefficient (Wildman–Crippen LogP) is 3.55. The minimum Gasteiger partial charge on any atom is -0.381 e. The number of imidazole rings is 1. The summed E-state index contributed by atoms with van der Waals surface area (Å²) in [6.45, 7) is 3.47. The van der Waals surface area contributed by atoms with Gasteiger partial charge in [-0.2, -0.15) is 5.10 Å². The topological polar surface area (TPSA) is 90.1 Å². The fourth-order valence-electron chi connectivity index (χ4n) is 5.28. The molecule has 6 rings (SSSR count). The average Bonchev–Trinajstić information content (AvgIpc) is 3.51. The zero-order valence-corrected chi connectivity index (χ0v) is 20.1. The third kappa shape index (κ3) is 3.85. The van der Waals surface area contributed by atoms with Crippen LogP contribution in [0.1, 0.15) is 30.3 Å². The molecular weight excluding hydrogens is 442 g/mol. The third-order valence-corrected chi connectivity index (χ3v) is 7.12. The van der Waals surface area contributed by atoms with Gasteiger partial charge in [-0.15, -0.1) is 0 Å². The number of ether oxygens (including phenoxy) is 1. The Kier molecular flexibility index (Phi) is 5.49. The summed E-state index contributed by atoms with van der Waals surface area (Å²) in [6.07, 6.45) is 5.79. The molecule has 0 spiro atoms. The van der Waals surface area contributed by atoms with Crippen LogP contribution in [0, 0.1) is 0 Å². The third-order valence-electron chi connectivity index (χ3n) is 7.12. The van der Waals surface area contributed by atoms with Crippen LogP contribution in [0.3, 0.4) is 0 Å². The minimum absolute atomic E-state index is 0.0596. The van der Waals surface area contributed by atoms with Gasteiger partial charge in [-0.1, -0.05) is 18.2 Å². The summed E-state index contributed by atoms with van der Waals surface area (Å²) in [5.41, 5.74) is 4.77. The molecule has 1 saturated heterocycles. The number of carbonyl (C=O) groups is 1. The lowest BCUT2D eigenvalue weighted by Gasteiger charge is -2.30. The maximum absolute atomic E-state index is 12.5. The van der Waals surface area contributed by atoms with Crippen molar-refractivity contribution in [1.82, 2.24) is 34.5 Å². The van der Waals surface area contributed by atoms with Crippen LogP contribution in [-0.2, 0) is 24.9 Å². The number of fused-ring (bicyclic) bond motifs is 2. The summed E-state index contributed by atoms with van der Waals surface area (Å²) < 4.78 is 9.74. The van der Waals surface area contributed by atoms with E-state index in [4.69, 9.17) is 14.7 Å². The zero-order chi connectivity index (χ0) is 23.9. The Morgan fingerprint density at radius 3 is 2.77 bits per heavy atom. The molecule has 1 fully saturated rings. The SMILES string of the molecule is CNC(=O)N1CCn2c(C3CCOCC3)nc(-c3cccc4cc(-c5ccn(C)n5)ncc34)c2C1. The molecule has 2 aliphatic heterocycles. The number of pyridine rings is 1. The van der Waals surface area contributed by atoms with Crippen molar-refractivity contribution in [2.75, 3.05) is 26.8 Å². The van der Waals surface area contributed by atoms with Gasteiger partial charge in [-0.05, 0) is 30.4 Å². The maximum atomic E-state index is 12.5. The highest BCUT2D eigenvalue weighted by molar-refractivity contribution is 5.97. The van der Waals surface area contributed by atoms with Crippen molar-refractivity contribution >= 4 is 16.8 Å². The lowest BCUT2D eigenvalue weighted by molar-refractivity contribution is 0.0823. The zero-order valence-electron chi connectivity index (χ0n) is 20.1. The summed E-state index contributed by atoms with van der Waals surface area (Å²) in [5, 5.41) is 9.40. The largest absolute Gasteiger partial charge is 0.381 e. The Bertz CT molecular complexity index is 1400. The van der Waals surface area contributed by atoms with E-state index in [1.807, 2.05) is 30.4 Å². The van der Waals surface area contributed by atoms with E-state index in [0.29, 0.717) is 19.0 Å². The molecule has 4 aromatic rings. The second-order valence-corrected chi connectivity index (χ2v) is 9.25. The molecule has 9 nitrogen and oxygen atoms in total. The van der Waals surface area contributed by atoms with Crippen molar-refractivity contribution in [1.29, 1.82) is 0 Å². The maximum Gasteiger partial charge on any atom is 0.317 e. The fraction of sp³-hybridized carbons (Fsp3) is 0.385. The fourth-order valence-corrected chi connectivity index (χ4v) is 5.28. The molecule has 0 saturated carbocycles. The smallest absolute Gasteiger partial charge is 0.317 e. The number of aromatic nitrogens is 5. The van der Waals surface area contributed by atoms with Crippen LogP contribution >= 0.6 is 0 Å². The molecule has 0 bridgehead atoms. The van der Waals surface area contributed by atoms with Crippen molar-refractivity contribution in [3.8, 4) is 22.6 Å². The summed E-state index contributed by atoms with van der Waals surface area (Å²) in [7, 11) is 3.58. The quantitative estimate of drug-likeness (QED) is 0.494. The van der Waals surface area contributed by atoms with Gasteiger partial charge in [-0.3, -0.25) is 9.67 Å². The minimum atomic E-state index is -0.0596. The summed E-state index contributed by atoms with van der Waals surface area (Å²) >= 11 is 0. The lowest BCUT2D eigenvalue weighted by atomic mass is 9.99. The molecule has 1 N–H and O–H groups in total. The summed E-state index contributed by atoms with van der Waals surface area (Å²) in [5.74, 6) is 1.48. The van der Waals surface area contributed by atoms with E-state index in [1.54, 1.807) is 11.7 Å². The van der Waals surface area contributed by atoms with Gasteiger partial charge < -0.3 is 19.5 Å². The van der Waals surface area contributed by atoms with Gasteiger partial charge in [0.05, 0.1) is 23.6 Å². The van der Waals surface area contributed by atoms with E-state index in [0.717, 1.165) is 77.5 Å². The Morgan fingerprint density at radius 2 is 2.00 bits per heavy atom. The second-order valence-electron chi connectivity index (χ2n) is 9.25. The van der Waals surface area contributed by atoms with Gasteiger partial charge in [0.1, 0.15) is 11.5 Å². The van der Waals surface area contributed by atoms with Crippen LogP contribution < -0.4 is 5.32 Å². The summed E-state index contributed by atoms with van der Waals surface area (Å²) in [4.78, 5) is 24.3. The second kappa shape index (κ2) is 8.81. The molecule has 180 valence electrons. The highest BCUT2D eigenvalue weighted by Crippen LogP contribution is 2.37. The Hall–Kier alpha value is -3.72. The number of aryl methyl sites for hydroxylation is 1. The van der Waals surface area contributed by atoms with Gasteiger partial charge in [0, 0.05) is 69.7 Å². The standard InChI is InChI=1S/C26H29N7O2/c1-27-26(34)32-10-11-33-23(16-32)24(29-25(33)17-7-12-35-13-8-17)19-5-3-4-18-14-22(28-15-20(18)19)21-6-9-31(2)30-21/h3-6,9,14-15,17H,7-8,10-13,16H2,1-2H3,(H,27,34). The number of benzene rings is 1. The van der Waals surface area contributed by atoms with E-state index >= 15 is 0 Å². The van der Waals surface area contributed by atoms with Crippen molar-refractivity contribution in [3.63, 3.8) is 0 Å². The molecule has 3 aromatic heterocycles. The Morgan fingerprint density at radius 1 is 1.14 bits per heavy atom. The van der Waals surface area contributed by atoms with Crippen LogP contribution in [0.5, 0.6) is 0 Å².